The predicted octanol–water partition coefficient (Wildman–Crippen LogP) is 4.85. The fraction of sp³-hybridized carbons (Fsp3) is 0.516. The molecule has 8 nitrogen and oxygen atoms in total. The second-order valence-electron chi connectivity index (χ2n) is 11.0. The largest absolute Gasteiger partial charge is 0.491 e. The van der Waals surface area contributed by atoms with Gasteiger partial charge in [0.2, 0.25) is 5.91 Å². The quantitative estimate of drug-likeness (QED) is 0.605. The smallest absolute Gasteiger partial charge is 0.257 e. The molecule has 8 heteroatoms. The number of nitrogens with one attached hydrogen (secondary N) is 1. The van der Waals surface area contributed by atoms with Crippen LogP contribution >= 0.6 is 0 Å². The molecule has 1 aliphatic carbocycles. The van der Waals surface area contributed by atoms with E-state index in [4.69, 9.17) is 9.47 Å². The second-order valence-corrected chi connectivity index (χ2v) is 11.0. The minimum absolute atomic E-state index is 0.0103. The van der Waals surface area contributed by atoms with E-state index < -0.39 is 0 Å². The summed E-state index contributed by atoms with van der Waals surface area (Å²) >= 11 is 0. The molecule has 210 valence electrons. The number of likely N-dealkylation sites (N-methyl/N-ethyl adjacent to an activating group) is 1. The zero-order valence-electron chi connectivity index (χ0n) is 23.5. The van der Waals surface area contributed by atoms with Gasteiger partial charge >= 0.3 is 0 Å². The molecule has 4 rings (SSSR count). The Morgan fingerprint density at radius 3 is 2.41 bits per heavy atom. The van der Waals surface area contributed by atoms with E-state index in [1.807, 2.05) is 49.1 Å². The normalized spacial score (nSPS) is 23.2. The Balaban J connectivity index is 1.63. The molecule has 2 aromatic rings. The predicted molar refractivity (Wildman–Crippen MR) is 151 cm³/mol. The molecular weight excluding hydrogens is 494 g/mol. The lowest BCUT2D eigenvalue weighted by molar-refractivity contribution is -0.120. The highest BCUT2D eigenvalue weighted by atomic mass is 16.5. The standard InChI is InChI=1S/C31H41N3O5/c1-21-18-34(30(36)24-13-9-6-10-14-24)22(2)20-39-27-17-25(32-29(35)23-11-7-5-8-12-23)15-16-26(27)31(37)33(3)19-28(21)38-4/h6,9-10,13-17,21-23,28H,5,7-8,11-12,18-20H2,1-4H3,(H,32,35)/t21-,22+,28+/m1/s1. The van der Waals surface area contributed by atoms with Crippen LogP contribution in [0.1, 0.15) is 66.7 Å². The van der Waals surface area contributed by atoms with Crippen LogP contribution in [0.4, 0.5) is 5.69 Å². The van der Waals surface area contributed by atoms with Gasteiger partial charge in [0.15, 0.2) is 0 Å². The van der Waals surface area contributed by atoms with E-state index in [1.165, 1.54) is 6.42 Å². The van der Waals surface area contributed by atoms with Crippen LogP contribution in [0, 0.1) is 11.8 Å². The number of hydrogen-bond donors (Lipinski definition) is 1. The Hall–Kier alpha value is -3.39. The number of rotatable bonds is 4. The molecule has 1 N–H and O–H groups in total. The molecule has 0 radical (unpaired) electrons. The first-order valence-corrected chi connectivity index (χ1v) is 14.0. The third-order valence-electron chi connectivity index (χ3n) is 7.97. The number of carbonyl (C=O) groups is 3. The third-order valence-corrected chi connectivity index (χ3v) is 7.97. The van der Waals surface area contributed by atoms with Crippen molar-refractivity contribution < 1.29 is 23.9 Å². The topological polar surface area (TPSA) is 88.2 Å². The highest BCUT2D eigenvalue weighted by Crippen LogP contribution is 2.29. The molecule has 1 saturated carbocycles. The van der Waals surface area contributed by atoms with E-state index in [9.17, 15) is 14.4 Å². The van der Waals surface area contributed by atoms with Crippen LogP contribution in [-0.4, -0.2) is 73.5 Å². The van der Waals surface area contributed by atoms with E-state index >= 15 is 0 Å². The van der Waals surface area contributed by atoms with Gasteiger partial charge in [0.25, 0.3) is 11.8 Å². The summed E-state index contributed by atoms with van der Waals surface area (Å²) in [5.74, 6) is 0.111. The summed E-state index contributed by atoms with van der Waals surface area (Å²) < 4.78 is 12.0. The molecule has 3 atom stereocenters. The van der Waals surface area contributed by atoms with Crippen molar-refractivity contribution in [2.45, 2.75) is 58.1 Å². The van der Waals surface area contributed by atoms with Gasteiger partial charge in [-0.1, -0.05) is 44.4 Å². The number of benzene rings is 2. The second kappa shape index (κ2) is 13.1. The monoisotopic (exact) mass is 535 g/mol. The summed E-state index contributed by atoms with van der Waals surface area (Å²) in [4.78, 5) is 43.4. The number of methoxy groups -OCH3 is 1. The highest BCUT2D eigenvalue weighted by molar-refractivity contribution is 5.99. The summed E-state index contributed by atoms with van der Waals surface area (Å²) in [6.07, 6.45) is 4.86. The van der Waals surface area contributed by atoms with Crippen molar-refractivity contribution in [1.82, 2.24) is 9.80 Å². The molecule has 1 heterocycles. The summed E-state index contributed by atoms with van der Waals surface area (Å²) in [6.45, 7) is 4.98. The summed E-state index contributed by atoms with van der Waals surface area (Å²) in [6, 6.07) is 14.1. The third kappa shape index (κ3) is 6.98. The van der Waals surface area contributed by atoms with Crippen molar-refractivity contribution in [1.29, 1.82) is 0 Å². The molecule has 3 amide bonds. The van der Waals surface area contributed by atoms with Gasteiger partial charge < -0.3 is 24.6 Å². The first kappa shape index (κ1) is 28.6. The maximum absolute atomic E-state index is 13.6. The van der Waals surface area contributed by atoms with Gasteiger partial charge in [0.1, 0.15) is 12.4 Å². The van der Waals surface area contributed by atoms with Crippen molar-refractivity contribution in [3.8, 4) is 5.75 Å². The fourth-order valence-corrected chi connectivity index (χ4v) is 5.49. The van der Waals surface area contributed by atoms with Crippen molar-refractivity contribution in [2.24, 2.45) is 11.8 Å². The molecular formula is C31H41N3O5. The maximum Gasteiger partial charge on any atom is 0.257 e. The molecule has 0 bridgehead atoms. The van der Waals surface area contributed by atoms with Crippen LogP contribution in [0.15, 0.2) is 48.5 Å². The van der Waals surface area contributed by atoms with Crippen LogP contribution in [0.2, 0.25) is 0 Å². The van der Waals surface area contributed by atoms with Crippen molar-refractivity contribution >= 4 is 23.4 Å². The molecule has 39 heavy (non-hydrogen) atoms. The fourth-order valence-electron chi connectivity index (χ4n) is 5.49. The number of anilines is 1. The van der Waals surface area contributed by atoms with Crippen molar-refractivity contribution in [3.05, 3.63) is 59.7 Å². The Kier molecular flexibility index (Phi) is 9.62. The molecule has 1 aliphatic heterocycles. The Labute approximate surface area is 231 Å². The molecule has 0 spiro atoms. The van der Waals surface area contributed by atoms with E-state index in [0.717, 1.165) is 25.7 Å². The highest BCUT2D eigenvalue weighted by Gasteiger charge is 2.31. The molecule has 0 aromatic heterocycles. The zero-order valence-corrected chi connectivity index (χ0v) is 23.5. The average Bonchev–Trinajstić information content (AvgIpc) is 2.97. The van der Waals surface area contributed by atoms with Gasteiger partial charge in [-0.3, -0.25) is 14.4 Å². The number of amides is 3. The number of ether oxygens (including phenoxy) is 2. The van der Waals surface area contributed by atoms with Gasteiger partial charge in [-0.05, 0) is 44.0 Å². The Bertz CT molecular complexity index is 1150. The minimum atomic E-state index is -0.279. The van der Waals surface area contributed by atoms with Gasteiger partial charge in [-0.2, -0.15) is 0 Å². The minimum Gasteiger partial charge on any atom is -0.491 e. The molecule has 0 saturated heterocycles. The first-order chi connectivity index (χ1) is 18.8. The average molecular weight is 536 g/mol. The molecule has 1 fully saturated rings. The van der Waals surface area contributed by atoms with E-state index in [2.05, 4.69) is 5.32 Å². The van der Waals surface area contributed by atoms with E-state index in [-0.39, 0.29) is 48.3 Å². The lowest BCUT2D eigenvalue weighted by Crippen LogP contribution is -2.48. The maximum atomic E-state index is 13.6. The van der Waals surface area contributed by atoms with Gasteiger partial charge in [-0.15, -0.1) is 0 Å². The van der Waals surface area contributed by atoms with Crippen LogP contribution in [-0.2, 0) is 9.53 Å². The Morgan fingerprint density at radius 1 is 1.00 bits per heavy atom. The number of carbonyl (C=O) groups excluding carboxylic acids is 3. The molecule has 2 aromatic carbocycles. The number of fused-ring (bicyclic) bond motifs is 1. The summed E-state index contributed by atoms with van der Waals surface area (Å²) in [5.41, 5.74) is 1.61. The Morgan fingerprint density at radius 2 is 1.72 bits per heavy atom. The number of nitrogens with zero attached hydrogens (tertiary/aromatic N) is 2. The van der Waals surface area contributed by atoms with E-state index in [0.29, 0.717) is 35.7 Å². The SMILES string of the molecule is CO[C@H]1CN(C)C(=O)c2ccc(NC(=O)C3CCCCC3)cc2OC[C@H](C)N(C(=O)c2ccccc2)C[C@H]1C. The first-order valence-electron chi connectivity index (χ1n) is 14.0. The van der Waals surface area contributed by atoms with Crippen LogP contribution < -0.4 is 10.1 Å². The lowest BCUT2D eigenvalue weighted by Gasteiger charge is -2.36. The van der Waals surface area contributed by atoms with Crippen LogP contribution in [0.5, 0.6) is 5.75 Å². The molecule has 0 unspecified atom stereocenters. The van der Waals surface area contributed by atoms with Gasteiger partial charge in [-0.25, -0.2) is 0 Å². The zero-order chi connectivity index (χ0) is 27.9. The van der Waals surface area contributed by atoms with E-state index in [1.54, 1.807) is 37.3 Å². The van der Waals surface area contributed by atoms with Crippen LogP contribution in [0.25, 0.3) is 0 Å². The van der Waals surface area contributed by atoms with Crippen LogP contribution in [0.3, 0.4) is 0 Å². The lowest BCUT2D eigenvalue weighted by atomic mass is 9.88. The van der Waals surface area contributed by atoms with Gasteiger partial charge in [0.05, 0.1) is 17.7 Å². The number of hydrogen-bond acceptors (Lipinski definition) is 5. The van der Waals surface area contributed by atoms with Gasteiger partial charge in [0, 0.05) is 56.4 Å². The summed E-state index contributed by atoms with van der Waals surface area (Å²) in [5, 5.41) is 3.03. The summed E-state index contributed by atoms with van der Waals surface area (Å²) in [7, 11) is 3.38. The van der Waals surface area contributed by atoms with Crippen molar-refractivity contribution in [3.63, 3.8) is 0 Å². The van der Waals surface area contributed by atoms with Crippen molar-refractivity contribution in [2.75, 3.05) is 39.2 Å². The molecule has 2 aliphatic rings.